The van der Waals surface area contributed by atoms with Crippen LogP contribution in [0.4, 0.5) is 25.0 Å². The third-order valence-electron chi connectivity index (χ3n) is 4.90. The smallest absolute Gasteiger partial charge is 0.410 e. The van der Waals surface area contributed by atoms with Crippen molar-refractivity contribution in [2.24, 2.45) is 0 Å². The number of nitrogens with zero attached hydrogens (tertiary/aromatic N) is 2. The normalized spacial score (nSPS) is 20.1. The number of benzene rings is 1. The van der Waals surface area contributed by atoms with Gasteiger partial charge in [0.2, 0.25) is 11.8 Å². The van der Waals surface area contributed by atoms with Crippen molar-refractivity contribution < 1.29 is 27.9 Å². The number of rotatable bonds is 3. The fraction of sp³-hybridized carbons (Fsp3) is 0.550. The number of piperazine rings is 1. The maximum Gasteiger partial charge on any atom is 0.410 e. The lowest BCUT2D eigenvalue weighted by Gasteiger charge is -2.37. The van der Waals surface area contributed by atoms with Gasteiger partial charge in [-0.2, -0.15) is 0 Å². The Bertz CT molecular complexity index is 848. The zero-order valence-corrected chi connectivity index (χ0v) is 17.3. The topological polar surface area (TPSA) is 91.0 Å². The van der Waals surface area contributed by atoms with Crippen molar-refractivity contribution in [3.63, 3.8) is 0 Å². The molecule has 2 aliphatic rings. The summed E-state index contributed by atoms with van der Waals surface area (Å²) in [4.78, 5) is 38.4. The van der Waals surface area contributed by atoms with Gasteiger partial charge in [-0.15, -0.1) is 0 Å². The Balaban J connectivity index is 1.64. The van der Waals surface area contributed by atoms with Crippen LogP contribution < -0.4 is 15.5 Å². The SMILES string of the molecule is CC(C)(C)OC(=O)N1CCN(c2ccc(NC3CCC(=O)NC3=O)c(F)c2F)CC1. The van der Waals surface area contributed by atoms with Crippen LogP contribution in [-0.4, -0.2) is 60.6 Å². The molecule has 2 saturated heterocycles. The van der Waals surface area contributed by atoms with Crippen molar-refractivity contribution in [1.29, 1.82) is 0 Å². The molecule has 1 aromatic carbocycles. The minimum absolute atomic E-state index is 0.0881. The van der Waals surface area contributed by atoms with Crippen molar-refractivity contribution >= 4 is 29.3 Å². The van der Waals surface area contributed by atoms with Gasteiger partial charge in [0.05, 0.1) is 11.4 Å². The molecule has 10 heteroatoms. The van der Waals surface area contributed by atoms with E-state index in [2.05, 4.69) is 10.6 Å². The largest absolute Gasteiger partial charge is 0.444 e. The number of carbonyl (C=O) groups is 3. The van der Waals surface area contributed by atoms with Crippen LogP contribution in [-0.2, 0) is 14.3 Å². The quantitative estimate of drug-likeness (QED) is 0.724. The van der Waals surface area contributed by atoms with Crippen LogP contribution in [0.15, 0.2) is 12.1 Å². The highest BCUT2D eigenvalue weighted by atomic mass is 19.2. The number of carbonyl (C=O) groups excluding carboxylic acids is 3. The molecular weight excluding hydrogens is 398 g/mol. The number of halogens is 2. The first-order valence-electron chi connectivity index (χ1n) is 9.86. The molecule has 30 heavy (non-hydrogen) atoms. The van der Waals surface area contributed by atoms with E-state index >= 15 is 0 Å². The lowest BCUT2D eigenvalue weighted by atomic mass is 10.1. The first-order chi connectivity index (χ1) is 14.0. The lowest BCUT2D eigenvalue weighted by Crippen LogP contribution is -2.50. The van der Waals surface area contributed by atoms with Crippen LogP contribution in [0.1, 0.15) is 33.6 Å². The number of ether oxygens (including phenoxy) is 1. The second kappa shape index (κ2) is 8.45. The van der Waals surface area contributed by atoms with Crippen LogP contribution >= 0.6 is 0 Å². The van der Waals surface area contributed by atoms with Gasteiger partial charge in [0, 0.05) is 32.6 Å². The number of hydrogen-bond acceptors (Lipinski definition) is 6. The molecule has 1 unspecified atom stereocenters. The minimum atomic E-state index is -1.09. The molecule has 2 N–H and O–H groups in total. The van der Waals surface area contributed by atoms with E-state index in [-0.39, 0.29) is 30.1 Å². The lowest BCUT2D eigenvalue weighted by molar-refractivity contribution is -0.133. The predicted octanol–water partition coefficient (Wildman–Crippen LogP) is 2.24. The van der Waals surface area contributed by atoms with Gasteiger partial charge in [0.15, 0.2) is 11.6 Å². The summed E-state index contributed by atoms with van der Waals surface area (Å²) in [6, 6.07) is 2.01. The molecule has 0 saturated carbocycles. The molecule has 3 rings (SSSR count). The third-order valence-corrected chi connectivity index (χ3v) is 4.90. The van der Waals surface area contributed by atoms with Gasteiger partial charge < -0.3 is 19.9 Å². The molecule has 3 amide bonds. The van der Waals surface area contributed by atoms with Gasteiger partial charge in [-0.1, -0.05) is 0 Å². The average Bonchev–Trinajstić information content (AvgIpc) is 2.66. The molecule has 2 aliphatic heterocycles. The van der Waals surface area contributed by atoms with Gasteiger partial charge >= 0.3 is 6.09 Å². The summed E-state index contributed by atoms with van der Waals surface area (Å²) in [5.74, 6) is -3.07. The first-order valence-corrected chi connectivity index (χ1v) is 9.86. The summed E-state index contributed by atoms with van der Waals surface area (Å²) in [5, 5.41) is 4.83. The van der Waals surface area contributed by atoms with E-state index in [0.717, 1.165) is 0 Å². The number of anilines is 2. The molecule has 0 bridgehead atoms. The highest BCUT2D eigenvalue weighted by Gasteiger charge is 2.30. The number of imide groups is 1. The Kier molecular flexibility index (Phi) is 6.14. The summed E-state index contributed by atoms with van der Waals surface area (Å²) in [5.41, 5.74) is -0.655. The Morgan fingerprint density at radius 2 is 1.80 bits per heavy atom. The summed E-state index contributed by atoms with van der Waals surface area (Å²) in [6.07, 6.45) is -0.0919. The van der Waals surface area contributed by atoms with Crippen LogP contribution in [0.3, 0.4) is 0 Å². The molecule has 2 fully saturated rings. The summed E-state index contributed by atoms with van der Waals surface area (Å²) in [7, 11) is 0. The second-order valence-electron chi connectivity index (χ2n) is 8.36. The monoisotopic (exact) mass is 424 g/mol. The van der Waals surface area contributed by atoms with Crippen molar-refractivity contribution in [3.05, 3.63) is 23.8 Å². The first kappa shape index (κ1) is 21.8. The maximum absolute atomic E-state index is 14.7. The Hall–Kier alpha value is -2.91. The standard InChI is InChI=1S/C20H26F2N4O4/c1-20(2,3)30-19(29)26-10-8-25(9-11-26)14-6-4-12(16(21)17(14)22)23-13-5-7-15(27)24-18(13)28/h4,6,13,23H,5,7-11H2,1-3H3,(H,24,27,28). The Labute approximate surface area is 173 Å². The van der Waals surface area contributed by atoms with Gasteiger partial charge in [-0.3, -0.25) is 14.9 Å². The van der Waals surface area contributed by atoms with Crippen molar-refractivity contribution in [2.75, 3.05) is 36.4 Å². The van der Waals surface area contributed by atoms with Crippen LogP contribution in [0.5, 0.6) is 0 Å². The van der Waals surface area contributed by atoms with Crippen LogP contribution in [0, 0.1) is 11.6 Å². The van der Waals surface area contributed by atoms with E-state index in [1.165, 1.54) is 17.0 Å². The molecule has 8 nitrogen and oxygen atoms in total. The summed E-state index contributed by atoms with van der Waals surface area (Å²) < 4.78 is 34.7. The molecule has 0 aliphatic carbocycles. The maximum atomic E-state index is 14.7. The Morgan fingerprint density at radius 1 is 1.13 bits per heavy atom. The van der Waals surface area contributed by atoms with Gasteiger partial charge in [0.1, 0.15) is 11.6 Å². The van der Waals surface area contributed by atoms with E-state index < -0.39 is 35.3 Å². The van der Waals surface area contributed by atoms with Crippen molar-refractivity contribution in [2.45, 2.75) is 45.3 Å². The van der Waals surface area contributed by atoms with Gasteiger partial charge in [0.25, 0.3) is 0 Å². The number of amides is 3. The molecule has 0 aromatic heterocycles. The van der Waals surface area contributed by atoms with E-state index in [1.54, 1.807) is 25.7 Å². The number of hydrogen-bond donors (Lipinski definition) is 2. The highest BCUT2D eigenvalue weighted by molar-refractivity contribution is 6.01. The fourth-order valence-electron chi connectivity index (χ4n) is 3.37. The average molecular weight is 424 g/mol. The summed E-state index contributed by atoms with van der Waals surface area (Å²) >= 11 is 0. The minimum Gasteiger partial charge on any atom is -0.444 e. The van der Waals surface area contributed by atoms with Crippen LogP contribution in [0.2, 0.25) is 0 Å². The zero-order valence-electron chi connectivity index (χ0n) is 17.3. The predicted molar refractivity (Wildman–Crippen MR) is 106 cm³/mol. The number of piperidine rings is 1. The van der Waals surface area contributed by atoms with Gasteiger partial charge in [-0.25, -0.2) is 13.6 Å². The molecule has 2 heterocycles. The molecule has 0 spiro atoms. The third kappa shape index (κ3) is 4.98. The van der Waals surface area contributed by atoms with Crippen LogP contribution in [0.25, 0.3) is 0 Å². The molecule has 1 atom stereocenters. The van der Waals surface area contributed by atoms with E-state index in [9.17, 15) is 23.2 Å². The molecule has 164 valence electrons. The molecule has 0 radical (unpaired) electrons. The zero-order chi connectivity index (χ0) is 22.1. The second-order valence-corrected chi connectivity index (χ2v) is 8.36. The van der Waals surface area contributed by atoms with Crippen molar-refractivity contribution in [1.82, 2.24) is 10.2 Å². The molecular formula is C20H26F2N4O4. The van der Waals surface area contributed by atoms with E-state index in [1.807, 2.05) is 0 Å². The summed E-state index contributed by atoms with van der Waals surface area (Å²) in [6.45, 7) is 6.65. The van der Waals surface area contributed by atoms with E-state index in [4.69, 9.17) is 4.74 Å². The Morgan fingerprint density at radius 3 is 2.40 bits per heavy atom. The number of nitrogens with one attached hydrogen (secondary N) is 2. The highest BCUT2D eigenvalue weighted by Crippen LogP contribution is 2.29. The van der Waals surface area contributed by atoms with Crippen molar-refractivity contribution in [3.8, 4) is 0 Å². The van der Waals surface area contributed by atoms with Gasteiger partial charge in [-0.05, 0) is 39.3 Å². The fourth-order valence-corrected chi connectivity index (χ4v) is 3.37. The molecule has 1 aromatic rings. The van der Waals surface area contributed by atoms with E-state index in [0.29, 0.717) is 26.2 Å².